The Hall–Kier alpha value is -1.02. The molecule has 0 aliphatic heterocycles. The maximum atomic E-state index is 11.7. The van der Waals surface area contributed by atoms with E-state index < -0.39 is 11.2 Å². The molecule has 2 aromatic heterocycles. The molecule has 0 radical (unpaired) electrons. The first kappa shape index (κ1) is 43.1. The molecule has 7 N–H and O–H groups in total. The highest BCUT2D eigenvalue weighted by molar-refractivity contribution is 7.10. The van der Waals surface area contributed by atoms with Crippen LogP contribution in [-0.2, 0) is 11.2 Å². The topological polar surface area (TPSA) is 167 Å². The molecule has 0 aromatic carbocycles. The van der Waals surface area contributed by atoms with Crippen LogP contribution in [0.2, 0.25) is 0 Å². The lowest BCUT2D eigenvalue weighted by atomic mass is 9.48. The largest absolute Gasteiger partial charge is 0.396 e. The number of aliphatic hydroxyl groups excluding tert-OH is 5. The second-order valence-electron chi connectivity index (χ2n) is 20.6. The van der Waals surface area contributed by atoms with Gasteiger partial charge in [0.2, 0.25) is 0 Å². The van der Waals surface area contributed by atoms with E-state index in [0.29, 0.717) is 42.4 Å². The van der Waals surface area contributed by atoms with E-state index >= 15 is 0 Å². The third kappa shape index (κ3) is 6.63. The monoisotopic (exact) mass is 816 g/mol. The van der Waals surface area contributed by atoms with E-state index in [1.165, 1.54) is 17.8 Å². The lowest BCUT2D eigenvalue weighted by Crippen LogP contribution is -2.55. The molecule has 0 spiro atoms. The zero-order valence-corrected chi connectivity index (χ0v) is 36.3. The Morgan fingerprint density at radius 3 is 1.41 bits per heavy atom. The van der Waals surface area contributed by atoms with Crippen LogP contribution in [0.3, 0.4) is 0 Å². The fourth-order valence-electron chi connectivity index (χ4n) is 14.9. The average Bonchev–Trinajstić information content (AvgIpc) is 4.02. The van der Waals surface area contributed by atoms with Crippen LogP contribution in [0.15, 0.2) is 23.2 Å². The maximum Gasteiger partial charge on any atom is 0.125 e. The molecular formula is C45H72N2O7S2. The van der Waals surface area contributed by atoms with Crippen LogP contribution in [-0.4, -0.2) is 78.2 Å². The molecule has 9 nitrogen and oxygen atoms in total. The number of hydrogen-bond acceptors (Lipinski definition) is 11. The van der Waals surface area contributed by atoms with Crippen LogP contribution < -0.4 is 0 Å². The Labute approximate surface area is 343 Å². The van der Waals surface area contributed by atoms with Crippen LogP contribution in [0.5, 0.6) is 0 Å². The molecule has 316 valence electrons. The summed E-state index contributed by atoms with van der Waals surface area (Å²) in [5.41, 5.74) is -2.30. The van der Waals surface area contributed by atoms with Crippen LogP contribution in [0.25, 0.3) is 0 Å². The summed E-state index contributed by atoms with van der Waals surface area (Å²) in [6.07, 6.45) is 16.1. The molecule has 56 heavy (non-hydrogen) atoms. The van der Waals surface area contributed by atoms with Gasteiger partial charge in [0.15, 0.2) is 0 Å². The van der Waals surface area contributed by atoms with Crippen molar-refractivity contribution >= 4 is 22.7 Å². The van der Waals surface area contributed by atoms with Gasteiger partial charge in [0.25, 0.3) is 0 Å². The second kappa shape index (κ2) is 16.1. The quantitative estimate of drug-likeness (QED) is 0.147. The molecule has 0 saturated heterocycles. The first-order valence-electron chi connectivity index (χ1n) is 22.0. The molecule has 16 atom stereocenters. The number of thiazole rings is 2. The summed E-state index contributed by atoms with van der Waals surface area (Å²) in [6.45, 7) is 12.0. The lowest BCUT2D eigenvalue weighted by Gasteiger charge is -2.57. The highest BCUT2D eigenvalue weighted by atomic mass is 32.1. The smallest absolute Gasteiger partial charge is 0.125 e. The highest BCUT2D eigenvalue weighted by Crippen LogP contribution is 2.69. The van der Waals surface area contributed by atoms with Crippen LogP contribution in [0.4, 0.5) is 0 Å². The summed E-state index contributed by atoms with van der Waals surface area (Å²) in [7, 11) is 0. The molecule has 8 rings (SSSR count). The number of nitrogens with zero attached hydrogens (tertiary/aromatic N) is 2. The van der Waals surface area contributed by atoms with E-state index in [9.17, 15) is 35.7 Å². The minimum Gasteiger partial charge on any atom is -0.396 e. The van der Waals surface area contributed by atoms with Gasteiger partial charge in [-0.15, -0.1) is 22.7 Å². The molecule has 2 heterocycles. The number of aliphatic hydroxyl groups is 7. The maximum absolute atomic E-state index is 11.7. The van der Waals surface area contributed by atoms with Gasteiger partial charge in [0.05, 0.1) is 6.10 Å². The fourth-order valence-corrected chi connectivity index (χ4v) is 16.7. The van der Waals surface area contributed by atoms with Crippen molar-refractivity contribution in [3.05, 3.63) is 33.2 Å². The van der Waals surface area contributed by atoms with Gasteiger partial charge in [-0.3, -0.25) is 0 Å². The Balaban J connectivity index is 0.000000172. The van der Waals surface area contributed by atoms with E-state index in [4.69, 9.17) is 0 Å². The minimum atomic E-state index is -0.912. The molecule has 0 amide bonds. The van der Waals surface area contributed by atoms with E-state index in [0.717, 1.165) is 80.6 Å². The van der Waals surface area contributed by atoms with Crippen molar-refractivity contribution in [3.63, 3.8) is 0 Å². The zero-order chi connectivity index (χ0) is 40.3. The van der Waals surface area contributed by atoms with E-state index in [-0.39, 0.29) is 77.9 Å². The zero-order valence-electron chi connectivity index (χ0n) is 34.7. The molecule has 6 fully saturated rings. The second-order valence-corrected chi connectivity index (χ2v) is 22.4. The predicted molar refractivity (Wildman–Crippen MR) is 221 cm³/mol. The van der Waals surface area contributed by atoms with Crippen molar-refractivity contribution in [2.45, 2.75) is 142 Å². The lowest BCUT2D eigenvalue weighted by molar-refractivity contribution is -0.153. The normalized spacial score (nSPS) is 49.1. The molecule has 11 heteroatoms. The molecule has 6 aliphatic rings. The van der Waals surface area contributed by atoms with Gasteiger partial charge in [-0.1, -0.05) is 41.0 Å². The van der Waals surface area contributed by atoms with Crippen LogP contribution in [0.1, 0.15) is 135 Å². The third-order valence-electron chi connectivity index (χ3n) is 18.6. The molecule has 6 aliphatic carbocycles. The number of fused-ring (bicyclic) bond motifs is 2. The summed E-state index contributed by atoms with van der Waals surface area (Å²) in [4.78, 5) is 8.94. The van der Waals surface area contributed by atoms with Crippen LogP contribution in [0, 0.1) is 74.9 Å². The van der Waals surface area contributed by atoms with Gasteiger partial charge in [-0.2, -0.15) is 0 Å². The SMILES string of the molecule is C[C@H]1CC[C@](C)(C2CC[C@@]3(C)C(CC[C@@]3(O)c3nccs3)[C@@H]2CO)[C@@H](CO)C1.C[C@]12CCC([C@@]3(C)CC[C@H](O)C[C@@H]3CO)[C@@H](CO)C1CC[C@@]2(O)c1nccs1. The van der Waals surface area contributed by atoms with Gasteiger partial charge in [0, 0.05) is 60.4 Å². The molecule has 6 saturated carbocycles. The Morgan fingerprint density at radius 2 is 1.00 bits per heavy atom. The summed E-state index contributed by atoms with van der Waals surface area (Å²) in [6, 6.07) is 0. The van der Waals surface area contributed by atoms with Crippen molar-refractivity contribution in [2.75, 3.05) is 26.4 Å². The number of rotatable bonds is 8. The van der Waals surface area contributed by atoms with Crippen LogP contribution >= 0.6 is 22.7 Å². The average molecular weight is 817 g/mol. The van der Waals surface area contributed by atoms with Gasteiger partial charge < -0.3 is 35.7 Å². The number of hydrogen-bond donors (Lipinski definition) is 7. The molecule has 2 aromatic rings. The summed E-state index contributed by atoms with van der Waals surface area (Å²) < 4.78 is 0. The Bertz CT molecular complexity index is 1480. The Kier molecular flexibility index (Phi) is 12.4. The molecular weight excluding hydrogens is 745 g/mol. The van der Waals surface area contributed by atoms with Crippen molar-refractivity contribution in [1.29, 1.82) is 0 Å². The summed E-state index contributed by atoms with van der Waals surface area (Å²) in [5.74, 6) is 2.64. The van der Waals surface area contributed by atoms with Crippen molar-refractivity contribution < 1.29 is 35.7 Å². The minimum absolute atomic E-state index is 0.0684. The van der Waals surface area contributed by atoms with E-state index in [2.05, 4.69) is 44.6 Å². The predicted octanol–water partition coefficient (Wildman–Crippen LogP) is 7.13. The van der Waals surface area contributed by atoms with Crippen molar-refractivity contribution in [3.8, 4) is 0 Å². The van der Waals surface area contributed by atoms with Gasteiger partial charge in [-0.05, 0) is 148 Å². The highest BCUT2D eigenvalue weighted by Gasteiger charge is 2.66. The van der Waals surface area contributed by atoms with E-state index in [1.807, 2.05) is 10.8 Å². The summed E-state index contributed by atoms with van der Waals surface area (Å²) >= 11 is 3.09. The Morgan fingerprint density at radius 1 is 0.571 bits per heavy atom. The van der Waals surface area contributed by atoms with Crippen molar-refractivity contribution in [1.82, 2.24) is 9.97 Å². The van der Waals surface area contributed by atoms with Crippen molar-refractivity contribution in [2.24, 2.45) is 74.9 Å². The summed E-state index contributed by atoms with van der Waals surface area (Å²) in [5, 5.41) is 80.3. The fraction of sp³-hybridized carbons (Fsp3) is 0.867. The van der Waals surface area contributed by atoms with Gasteiger partial charge in [0.1, 0.15) is 21.2 Å². The standard InChI is InChI=1S/C23H37NO3S.C22H35NO4S/c1-15-4-7-21(2,16(12-15)13-25)18-5-8-22(3)19(17(18)14-26)6-9-23(22,27)20-24-10-11-28-20;1-20(6-3-15(26)11-14(20)12-24)17-4-7-21(2)18(16(17)13-25)5-8-22(21,27)19-23-9-10-28-19/h10-11,15-19,25-27H,4-9,12-14H2,1-3H3;9-10,14-18,24-27H,3-8,11-13H2,1-2H3/t15-,16+,17+,18?,19?,21-,22-,23+;14-,15+,16-,17?,18?,20+,21+,22-/m01/s1. The van der Waals surface area contributed by atoms with E-state index in [1.54, 1.807) is 23.7 Å². The molecule has 0 bridgehead atoms. The first-order valence-corrected chi connectivity index (χ1v) is 23.7. The van der Waals surface area contributed by atoms with Gasteiger partial charge >= 0.3 is 0 Å². The van der Waals surface area contributed by atoms with Gasteiger partial charge in [-0.25, -0.2) is 9.97 Å². The number of aromatic nitrogens is 2. The first-order chi connectivity index (χ1) is 26.6. The third-order valence-corrected chi connectivity index (χ3v) is 20.5. The molecule has 4 unspecified atom stereocenters.